The molecule has 0 aliphatic rings. The van der Waals surface area contributed by atoms with E-state index in [1.807, 2.05) is 30.3 Å². The fourth-order valence-corrected chi connectivity index (χ4v) is 2.16. The minimum absolute atomic E-state index is 0.110. The summed E-state index contributed by atoms with van der Waals surface area (Å²) in [5.41, 5.74) is 0.847. The van der Waals surface area contributed by atoms with Gasteiger partial charge in [-0.15, -0.1) is 0 Å². The third-order valence-electron chi connectivity index (χ3n) is 3.65. The topological polar surface area (TPSA) is 93.7 Å². The van der Waals surface area contributed by atoms with E-state index < -0.39 is 30.1 Å². The number of carbonyl (C=O) groups excluding carboxylic acids is 3. The monoisotopic (exact) mass is 350 g/mol. The zero-order valence-electron chi connectivity index (χ0n) is 15.1. The van der Waals surface area contributed by atoms with Crippen molar-refractivity contribution in [2.24, 2.45) is 5.92 Å². The number of alkyl carbamates (subject to hydrolysis) is 1. The Morgan fingerprint density at radius 1 is 1.08 bits per heavy atom. The number of hydrogen-bond donors (Lipinski definition) is 2. The van der Waals surface area contributed by atoms with E-state index in [1.54, 1.807) is 20.8 Å². The Labute approximate surface area is 148 Å². The highest BCUT2D eigenvalue weighted by molar-refractivity contribution is 5.89. The van der Waals surface area contributed by atoms with Gasteiger partial charge in [-0.1, -0.05) is 51.1 Å². The summed E-state index contributed by atoms with van der Waals surface area (Å²) in [7, 11) is 1.26. The van der Waals surface area contributed by atoms with Gasteiger partial charge in [0.25, 0.3) is 0 Å². The molecular weight excluding hydrogens is 324 g/mol. The first-order valence-electron chi connectivity index (χ1n) is 8.24. The Bertz CT molecular complexity index is 574. The van der Waals surface area contributed by atoms with Gasteiger partial charge in [-0.25, -0.2) is 9.59 Å². The van der Waals surface area contributed by atoms with Crippen molar-refractivity contribution < 1.29 is 23.9 Å². The standard InChI is InChI=1S/C18H26N2O5/c1-5-14(17(22)24-4)19-16(21)15(12(2)3)20-18(23)25-11-13-9-7-6-8-10-13/h6-10,12,14-15H,5,11H2,1-4H3,(H,19,21)(H,20,23)/t14-,15-/m1/s1. The quantitative estimate of drug-likeness (QED) is 0.700. The van der Waals surface area contributed by atoms with Gasteiger partial charge in [-0.3, -0.25) is 4.79 Å². The Hall–Kier alpha value is -2.57. The van der Waals surface area contributed by atoms with Crippen molar-refractivity contribution in [1.29, 1.82) is 0 Å². The minimum atomic E-state index is -0.818. The van der Waals surface area contributed by atoms with Gasteiger partial charge in [0.05, 0.1) is 7.11 Å². The van der Waals surface area contributed by atoms with Crippen LogP contribution in [0.15, 0.2) is 30.3 Å². The van der Waals surface area contributed by atoms with Gasteiger partial charge in [0, 0.05) is 0 Å². The summed E-state index contributed by atoms with van der Waals surface area (Å²) in [4.78, 5) is 36.0. The molecule has 2 amide bonds. The molecular formula is C18H26N2O5. The van der Waals surface area contributed by atoms with Crippen LogP contribution in [0.5, 0.6) is 0 Å². The number of esters is 1. The zero-order chi connectivity index (χ0) is 18.8. The number of carbonyl (C=O) groups is 3. The molecule has 0 saturated carbocycles. The van der Waals surface area contributed by atoms with Crippen molar-refractivity contribution in [2.45, 2.75) is 45.9 Å². The maximum atomic E-state index is 12.4. The van der Waals surface area contributed by atoms with E-state index in [4.69, 9.17) is 4.74 Å². The second kappa shape index (κ2) is 10.3. The molecule has 0 fully saturated rings. The van der Waals surface area contributed by atoms with E-state index in [9.17, 15) is 14.4 Å². The average Bonchev–Trinajstić information content (AvgIpc) is 2.62. The number of amides is 2. The Morgan fingerprint density at radius 2 is 1.72 bits per heavy atom. The van der Waals surface area contributed by atoms with Crippen LogP contribution in [0.3, 0.4) is 0 Å². The molecule has 0 bridgehead atoms. The fourth-order valence-electron chi connectivity index (χ4n) is 2.16. The average molecular weight is 350 g/mol. The summed E-state index contributed by atoms with van der Waals surface area (Å²) in [6.45, 7) is 5.45. The highest BCUT2D eigenvalue weighted by atomic mass is 16.5. The number of nitrogens with one attached hydrogen (secondary N) is 2. The van der Waals surface area contributed by atoms with Crippen LogP contribution in [0, 0.1) is 5.92 Å². The van der Waals surface area contributed by atoms with Gasteiger partial charge < -0.3 is 20.1 Å². The second-order valence-electron chi connectivity index (χ2n) is 5.92. The Morgan fingerprint density at radius 3 is 2.24 bits per heavy atom. The third-order valence-corrected chi connectivity index (χ3v) is 3.65. The lowest BCUT2D eigenvalue weighted by atomic mass is 10.0. The maximum Gasteiger partial charge on any atom is 0.408 e. The van der Waals surface area contributed by atoms with E-state index in [1.165, 1.54) is 7.11 Å². The van der Waals surface area contributed by atoms with Crippen LogP contribution in [0.4, 0.5) is 4.79 Å². The summed E-state index contributed by atoms with van der Waals surface area (Å²) in [6, 6.07) is 7.67. The lowest BCUT2D eigenvalue weighted by Crippen LogP contribution is -2.53. The highest BCUT2D eigenvalue weighted by Gasteiger charge is 2.28. The van der Waals surface area contributed by atoms with Crippen LogP contribution in [0.2, 0.25) is 0 Å². The maximum absolute atomic E-state index is 12.4. The summed E-state index contributed by atoms with van der Waals surface area (Å²) >= 11 is 0. The smallest absolute Gasteiger partial charge is 0.408 e. The van der Waals surface area contributed by atoms with Gasteiger partial charge in [-0.05, 0) is 17.9 Å². The largest absolute Gasteiger partial charge is 0.467 e. The van der Waals surface area contributed by atoms with Crippen molar-refractivity contribution in [3.63, 3.8) is 0 Å². The van der Waals surface area contributed by atoms with Crippen molar-refractivity contribution in [3.8, 4) is 0 Å². The number of ether oxygens (including phenoxy) is 2. The van der Waals surface area contributed by atoms with Gasteiger partial charge in [-0.2, -0.15) is 0 Å². The van der Waals surface area contributed by atoms with Crippen LogP contribution in [-0.4, -0.2) is 37.2 Å². The van der Waals surface area contributed by atoms with Crippen molar-refractivity contribution in [1.82, 2.24) is 10.6 Å². The molecule has 0 spiro atoms. The first-order chi connectivity index (χ1) is 11.9. The fraction of sp³-hybridized carbons (Fsp3) is 0.500. The van der Waals surface area contributed by atoms with Crippen LogP contribution in [-0.2, 0) is 25.7 Å². The summed E-state index contributed by atoms with van der Waals surface area (Å²) in [5.74, 6) is -1.16. The van der Waals surface area contributed by atoms with Gasteiger partial charge >= 0.3 is 12.1 Å². The van der Waals surface area contributed by atoms with Crippen molar-refractivity contribution in [3.05, 3.63) is 35.9 Å². The molecule has 0 heterocycles. The van der Waals surface area contributed by atoms with E-state index in [-0.39, 0.29) is 12.5 Å². The molecule has 1 aromatic carbocycles. The van der Waals surface area contributed by atoms with Crippen molar-refractivity contribution >= 4 is 18.0 Å². The minimum Gasteiger partial charge on any atom is -0.467 e. The summed E-state index contributed by atoms with van der Waals surface area (Å²) in [6.07, 6.45) is -0.300. The van der Waals surface area contributed by atoms with E-state index in [0.717, 1.165) is 5.56 Å². The number of hydrogen-bond acceptors (Lipinski definition) is 5. The molecule has 0 aliphatic carbocycles. The molecule has 2 N–H and O–H groups in total. The predicted molar refractivity (Wildman–Crippen MR) is 92.6 cm³/mol. The van der Waals surface area contributed by atoms with Crippen LogP contribution in [0.1, 0.15) is 32.8 Å². The lowest BCUT2D eigenvalue weighted by molar-refractivity contribution is -0.145. The molecule has 25 heavy (non-hydrogen) atoms. The number of methoxy groups -OCH3 is 1. The molecule has 7 heteroatoms. The van der Waals surface area contributed by atoms with E-state index in [2.05, 4.69) is 15.4 Å². The molecule has 0 unspecified atom stereocenters. The molecule has 0 aromatic heterocycles. The van der Waals surface area contributed by atoms with Crippen LogP contribution in [0.25, 0.3) is 0 Å². The molecule has 0 saturated heterocycles. The first kappa shape index (κ1) is 20.5. The Balaban J connectivity index is 2.61. The number of rotatable bonds is 8. The molecule has 1 rings (SSSR count). The Kier molecular flexibility index (Phi) is 8.46. The van der Waals surface area contributed by atoms with Gasteiger partial charge in [0.2, 0.25) is 5.91 Å². The van der Waals surface area contributed by atoms with Gasteiger partial charge in [0.15, 0.2) is 0 Å². The first-order valence-corrected chi connectivity index (χ1v) is 8.24. The molecule has 7 nitrogen and oxygen atoms in total. The zero-order valence-corrected chi connectivity index (χ0v) is 15.1. The van der Waals surface area contributed by atoms with E-state index in [0.29, 0.717) is 6.42 Å². The van der Waals surface area contributed by atoms with Crippen molar-refractivity contribution in [2.75, 3.05) is 7.11 Å². The molecule has 138 valence electrons. The highest BCUT2D eigenvalue weighted by Crippen LogP contribution is 2.06. The summed E-state index contributed by atoms with van der Waals surface area (Å²) in [5, 5.41) is 5.14. The van der Waals surface area contributed by atoms with Crippen LogP contribution < -0.4 is 10.6 Å². The lowest BCUT2D eigenvalue weighted by Gasteiger charge is -2.23. The molecule has 2 atom stereocenters. The number of benzene rings is 1. The molecule has 1 aromatic rings. The predicted octanol–water partition coefficient (Wildman–Crippen LogP) is 2.01. The van der Waals surface area contributed by atoms with E-state index >= 15 is 0 Å². The molecule has 0 aliphatic heterocycles. The SMILES string of the molecule is CC[C@@H](NC(=O)[C@H](NC(=O)OCc1ccccc1)C(C)C)C(=O)OC. The molecule has 0 radical (unpaired) electrons. The third kappa shape index (κ3) is 6.82. The van der Waals surface area contributed by atoms with Gasteiger partial charge in [0.1, 0.15) is 18.7 Å². The summed E-state index contributed by atoms with van der Waals surface area (Å²) < 4.78 is 9.78. The normalized spacial score (nSPS) is 12.8. The second-order valence-corrected chi connectivity index (χ2v) is 5.92. The van der Waals surface area contributed by atoms with Crippen LogP contribution >= 0.6 is 0 Å².